The van der Waals surface area contributed by atoms with E-state index in [-0.39, 0.29) is 11.7 Å². The molecule has 4 rings (SSSR count). The number of hydrogen-bond acceptors (Lipinski definition) is 3. The summed E-state index contributed by atoms with van der Waals surface area (Å²) in [7, 11) is 1.83. The number of carbonyl (C=O) groups is 1. The van der Waals surface area contributed by atoms with Crippen molar-refractivity contribution in [2.75, 3.05) is 13.6 Å². The van der Waals surface area contributed by atoms with Crippen LogP contribution >= 0.6 is 0 Å². The summed E-state index contributed by atoms with van der Waals surface area (Å²) in [4.78, 5) is 14.9. The van der Waals surface area contributed by atoms with Gasteiger partial charge in [-0.3, -0.25) is 4.79 Å². The molecule has 1 heterocycles. The molecule has 0 atom stereocenters. The second-order valence-electron chi connectivity index (χ2n) is 7.82. The third kappa shape index (κ3) is 3.95. The molecule has 1 aliphatic carbocycles. The second kappa shape index (κ2) is 8.19. The van der Waals surface area contributed by atoms with Gasteiger partial charge in [-0.15, -0.1) is 0 Å². The summed E-state index contributed by atoms with van der Waals surface area (Å²) in [5.74, 6) is 0.605. The van der Waals surface area contributed by atoms with Crippen LogP contribution in [0.5, 0.6) is 0 Å². The van der Waals surface area contributed by atoms with Gasteiger partial charge in [-0.2, -0.15) is 0 Å². The van der Waals surface area contributed by atoms with Crippen molar-refractivity contribution < 1.29 is 13.7 Å². The molecule has 4 nitrogen and oxygen atoms in total. The van der Waals surface area contributed by atoms with Crippen LogP contribution in [-0.4, -0.2) is 29.6 Å². The maximum Gasteiger partial charge on any atom is 0.232 e. The highest BCUT2D eigenvalue weighted by molar-refractivity contribution is 5.89. The fraction of sp³-hybridized carbons (Fsp3) is 0.333. The number of likely N-dealkylation sites (N-methyl/N-ethyl adjacent to an activating group) is 1. The van der Waals surface area contributed by atoms with Crippen molar-refractivity contribution in [3.8, 4) is 11.3 Å². The molecule has 0 spiro atoms. The lowest BCUT2D eigenvalue weighted by molar-refractivity contribution is -0.139. The van der Waals surface area contributed by atoms with Crippen LogP contribution in [0, 0.1) is 5.82 Å². The minimum atomic E-state index is -0.566. The fourth-order valence-corrected chi connectivity index (χ4v) is 4.08. The zero-order chi connectivity index (χ0) is 20.3. The monoisotopic (exact) mass is 392 g/mol. The molecular formula is C24H25FN2O2. The highest BCUT2D eigenvalue weighted by Crippen LogP contribution is 2.45. The summed E-state index contributed by atoms with van der Waals surface area (Å²) >= 11 is 0. The zero-order valence-electron chi connectivity index (χ0n) is 16.6. The summed E-state index contributed by atoms with van der Waals surface area (Å²) in [6, 6.07) is 18.3. The van der Waals surface area contributed by atoms with Crippen LogP contribution in [0.2, 0.25) is 0 Å². The van der Waals surface area contributed by atoms with E-state index in [0.717, 1.165) is 48.3 Å². The standard InChI is InChI=1S/C24H25FN2O2/c1-27(23(28)24(13-7-14-24)19-10-5-11-20(25)16-19)15-6-12-21-17-22(26-29-21)18-8-3-2-4-9-18/h2-5,8-11,16-17H,6-7,12-15H2,1H3. The lowest BCUT2D eigenvalue weighted by atomic mass is 9.63. The van der Waals surface area contributed by atoms with Crippen molar-refractivity contribution in [3.05, 3.63) is 77.8 Å². The van der Waals surface area contributed by atoms with Crippen LogP contribution in [0.1, 0.15) is 37.0 Å². The molecule has 0 unspecified atom stereocenters. The van der Waals surface area contributed by atoms with Crippen molar-refractivity contribution in [2.24, 2.45) is 0 Å². The first kappa shape index (κ1) is 19.4. The number of benzene rings is 2. The first-order chi connectivity index (χ1) is 14.1. The van der Waals surface area contributed by atoms with Gasteiger partial charge in [0.1, 0.15) is 17.3 Å². The third-order valence-corrected chi connectivity index (χ3v) is 5.89. The molecule has 150 valence electrons. The van der Waals surface area contributed by atoms with Crippen LogP contribution in [0.25, 0.3) is 11.3 Å². The van der Waals surface area contributed by atoms with Gasteiger partial charge in [0.05, 0.1) is 5.41 Å². The predicted octanol–water partition coefficient (Wildman–Crippen LogP) is 4.99. The number of aromatic nitrogens is 1. The van der Waals surface area contributed by atoms with Crippen molar-refractivity contribution in [3.63, 3.8) is 0 Å². The summed E-state index contributed by atoms with van der Waals surface area (Å²) < 4.78 is 19.1. The maximum absolute atomic E-state index is 13.7. The van der Waals surface area contributed by atoms with E-state index >= 15 is 0 Å². The molecule has 1 aromatic heterocycles. The second-order valence-corrected chi connectivity index (χ2v) is 7.82. The highest BCUT2D eigenvalue weighted by Gasteiger charge is 2.47. The van der Waals surface area contributed by atoms with E-state index in [1.54, 1.807) is 11.0 Å². The summed E-state index contributed by atoms with van der Waals surface area (Å²) in [6.45, 7) is 0.622. The lowest BCUT2D eigenvalue weighted by Crippen LogP contribution is -2.50. The predicted molar refractivity (Wildman–Crippen MR) is 110 cm³/mol. The highest BCUT2D eigenvalue weighted by atomic mass is 19.1. The molecule has 2 aromatic carbocycles. The summed E-state index contributed by atoms with van der Waals surface area (Å²) in [5, 5.41) is 4.14. The minimum Gasteiger partial charge on any atom is -0.361 e. The molecule has 0 N–H and O–H groups in total. The van der Waals surface area contributed by atoms with E-state index in [1.165, 1.54) is 12.1 Å². The van der Waals surface area contributed by atoms with Crippen LogP contribution in [0.15, 0.2) is 65.2 Å². The number of carbonyl (C=O) groups excluding carboxylic acids is 1. The van der Waals surface area contributed by atoms with Gasteiger partial charge in [0.25, 0.3) is 0 Å². The summed E-state index contributed by atoms with van der Waals surface area (Å²) in [6.07, 6.45) is 4.05. The van der Waals surface area contributed by atoms with Crippen molar-refractivity contribution in [1.29, 1.82) is 0 Å². The van der Waals surface area contributed by atoms with Gasteiger partial charge < -0.3 is 9.42 Å². The average Bonchev–Trinajstić information content (AvgIpc) is 3.17. The van der Waals surface area contributed by atoms with E-state index in [4.69, 9.17) is 4.52 Å². The molecule has 1 aliphatic rings. The molecule has 0 radical (unpaired) electrons. The maximum atomic E-state index is 13.7. The zero-order valence-corrected chi connectivity index (χ0v) is 16.6. The number of halogens is 1. The molecular weight excluding hydrogens is 367 g/mol. The van der Waals surface area contributed by atoms with Gasteiger partial charge >= 0.3 is 0 Å². The Morgan fingerprint density at radius 2 is 1.93 bits per heavy atom. The Hall–Kier alpha value is -2.95. The molecule has 1 fully saturated rings. The van der Waals surface area contributed by atoms with E-state index in [1.807, 2.05) is 49.5 Å². The van der Waals surface area contributed by atoms with Crippen LogP contribution in [0.3, 0.4) is 0 Å². The van der Waals surface area contributed by atoms with E-state index in [2.05, 4.69) is 5.16 Å². The number of amides is 1. The first-order valence-electron chi connectivity index (χ1n) is 10.1. The third-order valence-electron chi connectivity index (χ3n) is 5.89. The average molecular weight is 392 g/mol. The molecule has 1 amide bonds. The Labute approximate surface area is 170 Å². The molecule has 0 saturated heterocycles. The Morgan fingerprint density at radius 1 is 1.14 bits per heavy atom. The largest absolute Gasteiger partial charge is 0.361 e. The van der Waals surface area contributed by atoms with Crippen LogP contribution < -0.4 is 0 Å². The van der Waals surface area contributed by atoms with Crippen molar-refractivity contribution in [1.82, 2.24) is 10.1 Å². The lowest BCUT2D eigenvalue weighted by Gasteiger charge is -2.43. The van der Waals surface area contributed by atoms with Gasteiger partial charge in [-0.25, -0.2) is 4.39 Å². The SMILES string of the molecule is CN(CCCc1cc(-c2ccccc2)no1)C(=O)C1(c2cccc(F)c2)CCC1. The Morgan fingerprint density at radius 3 is 2.62 bits per heavy atom. The quantitative estimate of drug-likeness (QED) is 0.569. The van der Waals surface area contributed by atoms with Crippen molar-refractivity contribution >= 4 is 5.91 Å². The molecule has 3 aromatic rings. The van der Waals surface area contributed by atoms with Gasteiger partial charge in [-0.05, 0) is 37.0 Å². The fourth-order valence-electron chi connectivity index (χ4n) is 4.08. The Bertz CT molecular complexity index is 979. The van der Waals surface area contributed by atoms with Crippen LogP contribution in [0.4, 0.5) is 4.39 Å². The Kier molecular flexibility index (Phi) is 5.47. The number of aryl methyl sites for hydroxylation is 1. The van der Waals surface area contributed by atoms with Gasteiger partial charge in [0, 0.05) is 31.6 Å². The number of rotatable bonds is 7. The molecule has 0 aliphatic heterocycles. The smallest absolute Gasteiger partial charge is 0.232 e. The number of nitrogens with zero attached hydrogens (tertiary/aromatic N) is 2. The van der Waals surface area contributed by atoms with Gasteiger partial charge in [0.15, 0.2) is 0 Å². The van der Waals surface area contributed by atoms with E-state index in [0.29, 0.717) is 13.0 Å². The van der Waals surface area contributed by atoms with Gasteiger partial charge in [0.2, 0.25) is 5.91 Å². The van der Waals surface area contributed by atoms with Gasteiger partial charge in [-0.1, -0.05) is 54.0 Å². The molecule has 5 heteroatoms. The minimum absolute atomic E-state index is 0.0805. The summed E-state index contributed by atoms with van der Waals surface area (Å²) in [5.41, 5.74) is 2.08. The Balaban J connectivity index is 1.35. The van der Waals surface area contributed by atoms with E-state index < -0.39 is 5.41 Å². The number of hydrogen-bond donors (Lipinski definition) is 0. The van der Waals surface area contributed by atoms with Crippen molar-refractivity contribution in [2.45, 2.75) is 37.5 Å². The topological polar surface area (TPSA) is 46.3 Å². The molecule has 29 heavy (non-hydrogen) atoms. The van der Waals surface area contributed by atoms with Crippen LogP contribution in [-0.2, 0) is 16.6 Å². The first-order valence-corrected chi connectivity index (χ1v) is 10.1. The van der Waals surface area contributed by atoms with E-state index in [9.17, 15) is 9.18 Å². The molecule has 0 bridgehead atoms. The normalized spacial score (nSPS) is 15.0. The molecule has 1 saturated carbocycles.